The first-order valence-electron chi connectivity index (χ1n) is 5.77. The molecule has 1 N–H and O–H groups in total. The number of nitrogens with zero attached hydrogens (tertiary/aromatic N) is 1. The molecule has 2 rings (SSSR count). The van der Waals surface area contributed by atoms with Crippen molar-refractivity contribution in [2.24, 2.45) is 0 Å². The van der Waals surface area contributed by atoms with Crippen molar-refractivity contribution in [2.75, 3.05) is 0 Å². The molecule has 0 spiro atoms. The molecule has 2 nitrogen and oxygen atoms in total. The van der Waals surface area contributed by atoms with Crippen molar-refractivity contribution in [2.45, 2.75) is 19.3 Å². The fourth-order valence-corrected chi connectivity index (χ4v) is 1.88. The summed E-state index contributed by atoms with van der Waals surface area (Å²) >= 11 is 0. The molecular weight excluding hydrogens is 222 g/mol. The van der Waals surface area contributed by atoms with Gasteiger partial charge in [0.05, 0.1) is 0 Å². The molecular formula is C16H17NO. The van der Waals surface area contributed by atoms with Gasteiger partial charge in [-0.3, -0.25) is 0 Å². The van der Waals surface area contributed by atoms with Crippen LogP contribution in [0, 0.1) is 11.5 Å². The summed E-state index contributed by atoms with van der Waals surface area (Å²) in [6, 6.07) is 21.3. The van der Waals surface area contributed by atoms with Crippen LogP contribution < -0.4 is 0 Å². The van der Waals surface area contributed by atoms with E-state index in [0.717, 1.165) is 6.26 Å². The minimum absolute atomic E-state index is 0.0858. The fraction of sp³-hybridized carbons (Fsp3) is 0.188. The average molecular weight is 239 g/mol. The molecule has 18 heavy (non-hydrogen) atoms. The molecule has 0 atom stereocenters. The largest absolute Gasteiger partial charge is 0.443 e. The lowest BCUT2D eigenvalue weighted by Gasteiger charge is -2.25. The van der Waals surface area contributed by atoms with Gasteiger partial charge in [0.15, 0.2) is 0 Å². The van der Waals surface area contributed by atoms with Gasteiger partial charge in [-0.05, 0) is 11.1 Å². The van der Waals surface area contributed by atoms with Gasteiger partial charge >= 0.3 is 0 Å². The van der Waals surface area contributed by atoms with E-state index < -0.39 is 0 Å². The predicted octanol–water partition coefficient (Wildman–Crippen LogP) is 3.85. The number of rotatable bonds is 2. The first-order chi connectivity index (χ1) is 8.62. The number of aliphatic hydroxyl groups excluding tert-OH is 1. The average Bonchev–Trinajstić information content (AvgIpc) is 2.42. The van der Waals surface area contributed by atoms with Gasteiger partial charge in [0.1, 0.15) is 0 Å². The van der Waals surface area contributed by atoms with E-state index >= 15 is 0 Å². The number of benzene rings is 2. The second kappa shape index (κ2) is 6.46. The van der Waals surface area contributed by atoms with Gasteiger partial charge in [0.25, 0.3) is 6.26 Å². The Balaban J connectivity index is 0.000000492. The second-order valence-electron chi connectivity index (χ2n) is 4.46. The standard InChI is InChI=1S/C15H16.CHNO/c1-15(2,13-9-5-3-6-10-13)14-11-7-4-8-12-14;2-1-3/h3-12H,1-2H3;3H. The third kappa shape index (κ3) is 3.36. The third-order valence-electron chi connectivity index (χ3n) is 2.99. The summed E-state index contributed by atoms with van der Waals surface area (Å²) < 4.78 is 0. The minimum atomic E-state index is 0.0858. The zero-order valence-corrected chi connectivity index (χ0v) is 10.7. The van der Waals surface area contributed by atoms with E-state index in [1.54, 1.807) is 0 Å². The van der Waals surface area contributed by atoms with Gasteiger partial charge in [-0.25, -0.2) is 0 Å². The Morgan fingerprint density at radius 1 is 0.833 bits per heavy atom. The molecule has 0 fully saturated rings. The fourth-order valence-electron chi connectivity index (χ4n) is 1.88. The highest BCUT2D eigenvalue weighted by Crippen LogP contribution is 2.30. The predicted molar refractivity (Wildman–Crippen MR) is 72.6 cm³/mol. The molecule has 2 aromatic rings. The Labute approximate surface area is 108 Å². The lowest BCUT2D eigenvalue weighted by atomic mass is 9.78. The Kier molecular flexibility index (Phi) is 4.95. The Morgan fingerprint density at radius 2 is 1.11 bits per heavy atom. The van der Waals surface area contributed by atoms with Crippen LogP contribution >= 0.6 is 0 Å². The molecule has 0 heterocycles. The molecule has 0 aromatic heterocycles. The van der Waals surface area contributed by atoms with Gasteiger partial charge in [-0.15, -0.1) is 0 Å². The third-order valence-corrected chi connectivity index (χ3v) is 2.99. The van der Waals surface area contributed by atoms with Crippen molar-refractivity contribution < 1.29 is 5.11 Å². The highest BCUT2D eigenvalue weighted by molar-refractivity contribution is 5.36. The van der Waals surface area contributed by atoms with Crippen LogP contribution in [0.15, 0.2) is 60.7 Å². The summed E-state index contributed by atoms with van der Waals surface area (Å²) in [5, 5.41) is 13.8. The molecule has 0 unspecified atom stereocenters. The monoisotopic (exact) mass is 239 g/mol. The molecule has 0 saturated carbocycles. The van der Waals surface area contributed by atoms with Gasteiger partial charge in [-0.2, -0.15) is 5.26 Å². The van der Waals surface area contributed by atoms with E-state index in [2.05, 4.69) is 74.5 Å². The Bertz CT molecular complexity index is 456. The van der Waals surface area contributed by atoms with Gasteiger partial charge < -0.3 is 5.11 Å². The number of nitriles is 1. The number of aliphatic hydroxyl groups is 1. The lowest BCUT2D eigenvalue weighted by Crippen LogP contribution is -2.18. The summed E-state index contributed by atoms with van der Waals surface area (Å²) in [6.45, 7) is 4.52. The SMILES string of the molecule is CC(C)(c1ccccc1)c1ccccc1.N#CO. The zero-order chi connectivity index (χ0) is 13.4. The van der Waals surface area contributed by atoms with Gasteiger partial charge in [0.2, 0.25) is 0 Å². The maximum Gasteiger partial charge on any atom is 0.283 e. The van der Waals surface area contributed by atoms with Gasteiger partial charge in [-0.1, -0.05) is 74.5 Å². The van der Waals surface area contributed by atoms with Crippen LogP contribution in [0.3, 0.4) is 0 Å². The second-order valence-corrected chi connectivity index (χ2v) is 4.46. The Hall–Kier alpha value is -2.27. The van der Waals surface area contributed by atoms with Crippen LogP contribution in [0.25, 0.3) is 0 Å². The van der Waals surface area contributed by atoms with Crippen molar-refractivity contribution >= 4 is 0 Å². The first-order valence-corrected chi connectivity index (χ1v) is 5.77. The molecule has 0 aliphatic heterocycles. The van der Waals surface area contributed by atoms with E-state index in [4.69, 9.17) is 10.4 Å². The summed E-state index contributed by atoms with van der Waals surface area (Å²) in [5.41, 5.74) is 2.80. The van der Waals surface area contributed by atoms with Crippen molar-refractivity contribution in [1.82, 2.24) is 0 Å². The zero-order valence-electron chi connectivity index (χ0n) is 10.7. The van der Waals surface area contributed by atoms with Crippen LogP contribution in [0.4, 0.5) is 0 Å². The van der Waals surface area contributed by atoms with E-state index in [-0.39, 0.29) is 5.41 Å². The van der Waals surface area contributed by atoms with Crippen LogP contribution in [0.2, 0.25) is 0 Å². The quantitative estimate of drug-likeness (QED) is 0.809. The summed E-state index contributed by atoms with van der Waals surface area (Å²) in [6.07, 6.45) is 0.750. The molecule has 0 bridgehead atoms. The van der Waals surface area contributed by atoms with Crippen molar-refractivity contribution in [3.05, 3.63) is 71.8 Å². The van der Waals surface area contributed by atoms with Crippen molar-refractivity contribution in [3.63, 3.8) is 0 Å². The van der Waals surface area contributed by atoms with Crippen LogP contribution in [-0.2, 0) is 5.41 Å². The van der Waals surface area contributed by atoms with Crippen LogP contribution in [0.5, 0.6) is 0 Å². The van der Waals surface area contributed by atoms with E-state index in [9.17, 15) is 0 Å². The molecule has 0 aliphatic carbocycles. The van der Waals surface area contributed by atoms with Crippen LogP contribution in [0.1, 0.15) is 25.0 Å². The molecule has 0 radical (unpaired) electrons. The van der Waals surface area contributed by atoms with E-state index in [1.807, 2.05) is 0 Å². The van der Waals surface area contributed by atoms with E-state index in [0.29, 0.717) is 0 Å². The maximum absolute atomic E-state index is 6.88. The smallest absolute Gasteiger partial charge is 0.283 e. The first kappa shape index (κ1) is 13.8. The van der Waals surface area contributed by atoms with Crippen molar-refractivity contribution in [3.8, 4) is 6.26 Å². The Morgan fingerprint density at radius 3 is 1.39 bits per heavy atom. The highest BCUT2D eigenvalue weighted by Gasteiger charge is 2.21. The molecule has 2 heteroatoms. The maximum atomic E-state index is 6.88. The normalized spacial score (nSPS) is 9.83. The summed E-state index contributed by atoms with van der Waals surface area (Å²) in [4.78, 5) is 0. The number of hydrogen-bond acceptors (Lipinski definition) is 2. The molecule has 92 valence electrons. The number of hydrogen-bond donors (Lipinski definition) is 1. The molecule has 0 aliphatic rings. The summed E-state index contributed by atoms with van der Waals surface area (Å²) in [5.74, 6) is 0. The highest BCUT2D eigenvalue weighted by atomic mass is 16.2. The molecule has 2 aromatic carbocycles. The minimum Gasteiger partial charge on any atom is -0.443 e. The van der Waals surface area contributed by atoms with Crippen molar-refractivity contribution in [1.29, 1.82) is 5.26 Å². The lowest BCUT2D eigenvalue weighted by molar-refractivity contribution is 0.503. The van der Waals surface area contributed by atoms with E-state index in [1.165, 1.54) is 11.1 Å². The topological polar surface area (TPSA) is 44.0 Å². The van der Waals surface area contributed by atoms with Gasteiger partial charge in [0, 0.05) is 5.41 Å². The summed E-state index contributed by atoms with van der Waals surface area (Å²) in [7, 11) is 0. The van der Waals surface area contributed by atoms with Crippen LogP contribution in [-0.4, -0.2) is 5.11 Å². The molecule has 0 amide bonds. The molecule has 0 saturated heterocycles.